The number of amides is 2. The molecule has 1 aliphatic heterocycles. The number of para-hydroxylation sites is 1. The Balaban J connectivity index is 1.49. The average Bonchev–Trinajstić information content (AvgIpc) is 3.24. The molecule has 144 valence electrons. The number of anilines is 1. The van der Waals surface area contributed by atoms with Crippen LogP contribution in [0.4, 0.5) is 5.69 Å². The van der Waals surface area contributed by atoms with Crippen molar-refractivity contribution in [2.75, 3.05) is 11.4 Å². The fourth-order valence-corrected chi connectivity index (χ4v) is 4.13. The van der Waals surface area contributed by atoms with E-state index in [4.69, 9.17) is 0 Å². The first kappa shape index (κ1) is 18.5. The van der Waals surface area contributed by atoms with Crippen molar-refractivity contribution in [2.24, 2.45) is 5.92 Å². The Morgan fingerprint density at radius 2 is 1.61 bits per heavy atom. The van der Waals surface area contributed by atoms with Gasteiger partial charge in [0.1, 0.15) is 0 Å². The normalized spacial score (nSPS) is 17.2. The molecule has 0 aromatic heterocycles. The molecular formula is C24H26N2O2. The summed E-state index contributed by atoms with van der Waals surface area (Å²) in [7, 11) is 0. The number of nitrogens with one attached hydrogen (secondary N) is 1. The minimum atomic E-state index is 0.0317. The predicted octanol–water partition coefficient (Wildman–Crippen LogP) is 4.40. The summed E-state index contributed by atoms with van der Waals surface area (Å²) in [4.78, 5) is 27.2. The van der Waals surface area contributed by atoms with E-state index in [0.29, 0.717) is 19.5 Å². The highest BCUT2D eigenvalue weighted by atomic mass is 16.2. The van der Waals surface area contributed by atoms with Gasteiger partial charge in [0.15, 0.2) is 0 Å². The lowest BCUT2D eigenvalue weighted by Crippen LogP contribution is -2.36. The van der Waals surface area contributed by atoms with Gasteiger partial charge in [-0.05, 0) is 35.6 Å². The van der Waals surface area contributed by atoms with Crippen LogP contribution < -0.4 is 10.2 Å². The third kappa shape index (κ3) is 4.01. The van der Waals surface area contributed by atoms with E-state index in [9.17, 15) is 9.59 Å². The molecule has 2 aromatic rings. The van der Waals surface area contributed by atoms with Gasteiger partial charge in [-0.2, -0.15) is 0 Å². The number of rotatable bonds is 4. The van der Waals surface area contributed by atoms with Crippen LogP contribution in [0.25, 0.3) is 12.2 Å². The van der Waals surface area contributed by atoms with Gasteiger partial charge in [-0.15, -0.1) is 0 Å². The van der Waals surface area contributed by atoms with Gasteiger partial charge in [-0.3, -0.25) is 9.59 Å². The summed E-state index contributed by atoms with van der Waals surface area (Å²) < 4.78 is 0. The molecule has 0 saturated heterocycles. The Hall–Kier alpha value is -2.88. The first-order chi connectivity index (χ1) is 13.7. The number of fused-ring (bicyclic) bond motifs is 2. The van der Waals surface area contributed by atoms with Gasteiger partial charge < -0.3 is 10.2 Å². The van der Waals surface area contributed by atoms with Gasteiger partial charge in [-0.25, -0.2) is 0 Å². The molecule has 2 aromatic carbocycles. The van der Waals surface area contributed by atoms with Crippen molar-refractivity contribution in [3.05, 3.63) is 65.2 Å². The molecule has 1 N–H and O–H groups in total. The molecule has 4 nitrogen and oxygen atoms in total. The van der Waals surface area contributed by atoms with Gasteiger partial charge in [-0.1, -0.05) is 67.5 Å². The Labute approximate surface area is 166 Å². The Bertz CT molecular complexity index is 897. The van der Waals surface area contributed by atoms with E-state index in [2.05, 4.69) is 29.6 Å². The molecule has 1 aliphatic carbocycles. The standard InChI is InChI=1S/C24H26N2O2/c27-23(15-16-25-24(28)20-9-2-3-10-20)26-17-21-11-4-1-7-18(21)13-14-19-8-5-6-12-22(19)26/h1,4-8,11-14,20H,2-3,9-10,15-17H2,(H,25,28)/b14-13-. The number of nitrogens with zero attached hydrogens (tertiary/aromatic N) is 1. The predicted molar refractivity (Wildman–Crippen MR) is 113 cm³/mol. The molecule has 28 heavy (non-hydrogen) atoms. The van der Waals surface area contributed by atoms with E-state index >= 15 is 0 Å². The van der Waals surface area contributed by atoms with Crippen LogP contribution in [0.3, 0.4) is 0 Å². The van der Waals surface area contributed by atoms with Crippen molar-refractivity contribution >= 4 is 29.7 Å². The zero-order chi connectivity index (χ0) is 19.3. The van der Waals surface area contributed by atoms with E-state index in [1.807, 2.05) is 41.3 Å². The van der Waals surface area contributed by atoms with E-state index in [1.54, 1.807) is 0 Å². The SMILES string of the molecule is O=C(NCCC(=O)N1Cc2ccccc2/C=C\c2ccccc21)C1CCCC1. The third-order valence-electron chi connectivity index (χ3n) is 5.72. The molecule has 2 aliphatic rings. The monoisotopic (exact) mass is 374 g/mol. The van der Waals surface area contributed by atoms with Crippen LogP contribution in [0.5, 0.6) is 0 Å². The van der Waals surface area contributed by atoms with Crippen LogP contribution in [0.15, 0.2) is 48.5 Å². The zero-order valence-corrected chi connectivity index (χ0v) is 16.1. The minimum absolute atomic E-state index is 0.0317. The second-order valence-electron chi connectivity index (χ2n) is 7.59. The molecular weight excluding hydrogens is 348 g/mol. The highest BCUT2D eigenvalue weighted by Gasteiger charge is 2.24. The van der Waals surface area contributed by atoms with Crippen LogP contribution in [-0.2, 0) is 16.1 Å². The summed E-state index contributed by atoms with van der Waals surface area (Å²) in [5.74, 6) is 0.269. The average molecular weight is 374 g/mol. The maximum Gasteiger partial charge on any atom is 0.229 e. The molecule has 4 rings (SSSR count). The highest BCUT2D eigenvalue weighted by Crippen LogP contribution is 2.29. The third-order valence-corrected chi connectivity index (χ3v) is 5.72. The number of carbonyl (C=O) groups is 2. The van der Waals surface area contributed by atoms with Crippen LogP contribution in [0, 0.1) is 5.92 Å². The first-order valence-corrected chi connectivity index (χ1v) is 10.2. The smallest absolute Gasteiger partial charge is 0.229 e. The molecule has 1 fully saturated rings. The molecule has 1 saturated carbocycles. The summed E-state index contributed by atoms with van der Waals surface area (Å²) in [5.41, 5.74) is 4.20. The second kappa shape index (κ2) is 8.42. The minimum Gasteiger partial charge on any atom is -0.355 e. The summed E-state index contributed by atoms with van der Waals surface area (Å²) in [5, 5.41) is 2.97. The molecule has 0 unspecified atom stereocenters. The quantitative estimate of drug-likeness (QED) is 0.862. The lowest BCUT2D eigenvalue weighted by molar-refractivity contribution is -0.125. The van der Waals surface area contributed by atoms with E-state index < -0.39 is 0 Å². The lowest BCUT2D eigenvalue weighted by Gasteiger charge is -2.27. The largest absolute Gasteiger partial charge is 0.355 e. The summed E-state index contributed by atoms with van der Waals surface area (Å²) in [6.07, 6.45) is 8.69. The molecule has 2 amide bonds. The van der Waals surface area contributed by atoms with Crippen molar-refractivity contribution in [1.29, 1.82) is 0 Å². The van der Waals surface area contributed by atoms with Gasteiger partial charge in [0, 0.05) is 18.9 Å². The second-order valence-corrected chi connectivity index (χ2v) is 7.59. The first-order valence-electron chi connectivity index (χ1n) is 10.2. The van der Waals surface area contributed by atoms with Crippen LogP contribution in [0.1, 0.15) is 48.8 Å². The Morgan fingerprint density at radius 1 is 0.929 bits per heavy atom. The molecule has 0 bridgehead atoms. The topological polar surface area (TPSA) is 49.4 Å². The van der Waals surface area contributed by atoms with Crippen molar-refractivity contribution in [3.8, 4) is 0 Å². The van der Waals surface area contributed by atoms with Crippen molar-refractivity contribution in [3.63, 3.8) is 0 Å². The van der Waals surface area contributed by atoms with Crippen molar-refractivity contribution in [1.82, 2.24) is 5.32 Å². The summed E-state index contributed by atoms with van der Waals surface area (Å²) >= 11 is 0. The van der Waals surface area contributed by atoms with E-state index in [1.165, 1.54) is 0 Å². The molecule has 0 atom stereocenters. The van der Waals surface area contributed by atoms with Gasteiger partial charge in [0.2, 0.25) is 11.8 Å². The van der Waals surface area contributed by atoms with Gasteiger partial charge >= 0.3 is 0 Å². The number of hydrogen-bond acceptors (Lipinski definition) is 2. The van der Waals surface area contributed by atoms with Crippen molar-refractivity contribution in [2.45, 2.75) is 38.6 Å². The van der Waals surface area contributed by atoms with Gasteiger partial charge in [0.05, 0.1) is 12.2 Å². The molecule has 0 radical (unpaired) electrons. The molecule has 0 spiro atoms. The van der Waals surface area contributed by atoms with E-state index in [0.717, 1.165) is 48.1 Å². The lowest BCUT2D eigenvalue weighted by atomic mass is 10.0. The zero-order valence-electron chi connectivity index (χ0n) is 16.1. The number of carbonyl (C=O) groups excluding carboxylic acids is 2. The van der Waals surface area contributed by atoms with Crippen LogP contribution in [-0.4, -0.2) is 18.4 Å². The Morgan fingerprint density at radius 3 is 2.43 bits per heavy atom. The summed E-state index contributed by atoms with van der Waals surface area (Å²) in [6.45, 7) is 0.928. The number of hydrogen-bond donors (Lipinski definition) is 1. The van der Waals surface area contributed by atoms with Crippen molar-refractivity contribution < 1.29 is 9.59 Å². The highest BCUT2D eigenvalue weighted by molar-refractivity contribution is 5.97. The molecule has 4 heteroatoms. The molecule has 1 heterocycles. The summed E-state index contributed by atoms with van der Waals surface area (Å²) in [6, 6.07) is 16.1. The number of benzene rings is 2. The fourth-order valence-electron chi connectivity index (χ4n) is 4.13. The fraction of sp³-hybridized carbons (Fsp3) is 0.333. The maximum atomic E-state index is 13.1. The van der Waals surface area contributed by atoms with Crippen LogP contribution >= 0.6 is 0 Å². The van der Waals surface area contributed by atoms with Crippen LogP contribution in [0.2, 0.25) is 0 Å². The maximum absolute atomic E-state index is 13.1. The van der Waals surface area contributed by atoms with E-state index in [-0.39, 0.29) is 17.7 Å². The Kier molecular flexibility index (Phi) is 5.56. The van der Waals surface area contributed by atoms with Gasteiger partial charge in [0.25, 0.3) is 0 Å².